The smallest absolute Gasteiger partial charge is 0.115 e. The molecule has 6 aromatic heterocycles. The van der Waals surface area contributed by atoms with Gasteiger partial charge in [0.05, 0.1) is 22.1 Å². The van der Waals surface area contributed by atoms with E-state index < -0.39 is 0 Å². The van der Waals surface area contributed by atoms with E-state index >= 15 is 0 Å². The van der Waals surface area contributed by atoms with Gasteiger partial charge in [-0.2, -0.15) is 0 Å². The number of benzene rings is 2. The third kappa shape index (κ3) is 5.22. The minimum Gasteiger partial charge on any atom is -0.306 e. The van der Waals surface area contributed by atoms with Gasteiger partial charge in [0.25, 0.3) is 0 Å². The van der Waals surface area contributed by atoms with Crippen LogP contribution in [0.5, 0.6) is 0 Å². The Labute approximate surface area is 298 Å². The van der Waals surface area contributed by atoms with Crippen LogP contribution in [0.1, 0.15) is 92.7 Å². The van der Waals surface area contributed by atoms with E-state index in [2.05, 4.69) is 95.2 Å². The van der Waals surface area contributed by atoms with Crippen LogP contribution in [-0.2, 0) is 0 Å². The number of pyridine rings is 4. The second kappa shape index (κ2) is 12.4. The molecule has 0 bridgehead atoms. The van der Waals surface area contributed by atoms with Crippen LogP contribution in [0, 0.1) is 6.92 Å². The fourth-order valence-electron chi connectivity index (χ4n) is 9.18. The molecule has 2 fully saturated rings. The quantitative estimate of drug-likeness (QED) is 0.183. The van der Waals surface area contributed by atoms with E-state index in [0.29, 0.717) is 11.8 Å². The molecular formula is C45H42N6. The van der Waals surface area contributed by atoms with E-state index in [9.17, 15) is 0 Å². The zero-order valence-corrected chi connectivity index (χ0v) is 29.2. The molecule has 0 spiro atoms. The molecule has 2 aliphatic rings. The second-order valence-electron chi connectivity index (χ2n) is 15.0. The van der Waals surface area contributed by atoms with Crippen LogP contribution < -0.4 is 0 Å². The first kappa shape index (κ1) is 30.5. The van der Waals surface area contributed by atoms with Gasteiger partial charge in [-0.25, -0.2) is 0 Å². The third-order valence-electron chi connectivity index (χ3n) is 11.7. The molecule has 51 heavy (non-hydrogen) atoms. The molecule has 0 amide bonds. The van der Waals surface area contributed by atoms with Crippen LogP contribution in [0.4, 0.5) is 0 Å². The maximum Gasteiger partial charge on any atom is 0.115 e. The summed E-state index contributed by atoms with van der Waals surface area (Å²) in [4.78, 5) is 19.8. The number of aromatic nitrogens is 6. The summed E-state index contributed by atoms with van der Waals surface area (Å²) in [5.74, 6) is 1.16. The fourth-order valence-corrected chi connectivity index (χ4v) is 9.18. The van der Waals surface area contributed by atoms with Gasteiger partial charge >= 0.3 is 0 Å². The third-order valence-corrected chi connectivity index (χ3v) is 11.7. The van der Waals surface area contributed by atoms with Crippen molar-refractivity contribution in [2.45, 2.75) is 83.0 Å². The predicted octanol–water partition coefficient (Wildman–Crippen LogP) is 11.5. The molecule has 6 nitrogen and oxygen atoms in total. The molecule has 0 saturated heterocycles. The van der Waals surface area contributed by atoms with Gasteiger partial charge in [0, 0.05) is 36.2 Å². The summed E-state index contributed by atoms with van der Waals surface area (Å²) in [6.45, 7) is 2.20. The van der Waals surface area contributed by atoms with E-state index in [-0.39, 0.29) is 0 Å². The average Bonchev–Trinajstić information content (AvgIpc) is 3.70. The largest absolute Gasteiger partial charge is 0.306 e. The summed E-state index contributed by atoms with van der Waals surface area (Å²) < 4.78 is 4.75. The summed E-state index contributed by atoms with van der Waals surface area (Å²) in [6.07, 6.45) is 20.9. The molecule has 2 aromatic carbocycles. The molecular weight excluding hydrogens is 625 g/mol. The maximum atomic E-state index is 5.06. The molecule has 10 rings (SSSR count). The first-order chi connectivity index (χ1) is 25.2. The Morgan fingerprint density at radius 2 is 1.00 bits per heavy atom. The minimum absolute atomic E-state index is 0.580. The van der Waals surface area contributed by atoms with E-state index in [1.807, 2.05) is 24.5 Å². The SMILES string of the molecule is Cc1cc(-c2cccc(-n3c4cccnc4c4ncc(C5CCCCC5)cc43)c2)cc(-n2c3cccnc3c3ncc(C4CCCCC4)cc32)c1. The number of nitrogens with zero attached hydrogens (tertiary/aromatic N) is 6. The molecule has 2 aliphatic carbocycles. The van der Waals surface area contributed by atoms with E-state index in [4.69, 9.17) is 19.9 Å². The highest BCUT2D eigenvalue weighted by atomic mass is 15.0. The Morgan fingerprint density at radius 1 is 0.471 bits per heavy atom. The Hall–Kier alpha value is -5.36. The predicted molar refractivity (Wildman–Crippen MR) is 208 cm³/mol. The van der Waals surface area contributed by atoms with Gasteiger partial charge in [-0.3, -0.25) is 19.9 Å². The van der Waals surface area contributed by atoms with Crippen LogP contribution in [0.3, 0.4) is 0 Å². The fraction of sp³-hybridized carbons (Fsp3) is 0.289. The van der Waals surface area contributed by atoms with Crippen molar-refractivity contribution in [1.82, 2.24) is 29.1 Å². The summed E-state index contributed by atoms with van der Waals surface area (Å²) in [6, 6.07) is 29.1. The molecule has 0 aliphatic heterocycles. The highest BCUT2D eigenvalue weighted by molar-refractivity contribution is 6.06. The highest BCUT2D eigenvalue weighted by Gasteiger charge is 2.22. The molecule has 252 valence electrons. The number of hydrogen-bond acceptors (Lipinski definition) is 4. The van der Waals surface area contributed by atoms with E-state index in [1.165, 1.54) is 92.0 Å². The van der Waals surface area contributed by atoms with Crippen molar-refractivity contribution in [1.29, 1.82) is 0 Å². The lowest BCUT2D eigenvalue weighted by molar-refractivity contribution is 0.443. The van der Waals surface area contributed by atoms with Crippen LogP contribution in [0.2, 0.25) is 0 Å². The average molecular weight is 667 g/mol. The van der Waals surface area contributed by atoms with Gasteiger partial charge in [0.2, 0.25) is 0 Å². The van der Waals surface area contributed by atoms with E-state index in [0.717, 1.165) is 55.5 Å². The molecule has 0 atom stereocenters. The highest BCUT2D eigenvalue weighted by Crippen LogP contribution is 2.39. The molecule has 6 heterocycles. The van der Waals surface area contributed by atoms with Crippen molar-refractivity contribution in [3.63, 3.8) is 0 Å². The minimum atomic E-state index is 0.580. The number of fused-ring (bicyclic) bond motifs is 6. The number of aryl methyl sites for hydroxylation is 1. The standard InChI is InChI=1S/C45H42N6/c1-29-21-33(24-37(22-29)51-39-18-10-20-47-43(39)45-41(51)26-35(28-49-45)31-13-6-3-7-14-31)32-15-8-16-36(23-32)50-38-17-9-19-46-42(38)44-40(50)25-34(27-48-44)30-11-4-2-5-12-30/h8-10,15-28,30-31H,2-7,11-14H2,1H3. The lowest BCUT2D eigenvalue weighted by Gasteiger charge is -2.22. The Balaban J connectivity index is 1.12. The molecule has 6 heteroatoms. The lowest BCUT2D eigenvalue weighted by Crippen LogP contribution is -2.05. The maximum absolute atomic E-state index is 5.06. The van der Waals surface area contributed by atoms with Gasteiger partial charge in [-0.05, 0) is 133 Å². The lowest BCUT2D eigenvalue weighted by atomic mass is 9.85. The van der Waals surface area contributed by atoms with Crippen LogP contribution in [-0.4, -0.2) is 29.1 Å². The first-order valence-corrected chi connectivity index (χ1v) is 18.9. The topological polar surface area (TPSA) is 61.4 Å². The molecule has 0 radical (unpaired) electrons. The van der Waals surface area contributed by atoms with Crippen LogP contribution >= 0.6 is 0 Å². The van der Waals surface area contributed by atoms with Crippen molar-refractivity contribution >= 4 is 44.1 Å². The number of hydrogen-bond donors (Lipinski definition) is 0. The molecule has 0 N–H and O–H groups in total. The Morgan fingerprint density at radius 3 is 1.59 bits per heavy atom. The van der Waals surface area contributed by atoms with Crippen molar-refractivity contribution < 1.29 is 0 Å². The van der Waals surface area contributed by atoms with Crippen LogP contribution in [0.25, 0.3) is 66.6 Å². The van der Waals surface area contributed by atoms with Gasteiger partial charge in [0.15, 0.2) is 0 Å². The molecule has 0 unspecified atom stereocenters. The summed E-state index contributed by atoms with van der Waals surface area (Å²) in [5, 5.41) is 0. The van der Waals surface area contributed by atoms with Crippen molar-refractivity contribution in [2.24, 2.45) is 0 Å². The number of rotatable bonds is 5. The second-order valence-corrected chi connectivity index (χ2v) is 15.0. The summed E-state index contributed by atoms with van der Waals surface area (Å²) >= 11 is 0. The van der Waals surface area contributed by atoms with Gasteiger partial charge < -0.3 is 9.13 Å². The van der Waals surface area contributed by atoms with E-state index in [1.54, 1.807) is 0 Å². The molecule has 8 aromatic rings. The Bertz CT molecular complexity index is 2580. The molecule has 2 saturated carbocycles. The zero-order chi connectivity index (χ0) is 33.9. The van der Waals surface area contributed by atoms with Crippen molar-refractivity contribution in [3.05, 3.63) is 120 Å². The van der Waals surface area contributed by atoms with Crippen molar-refractivity contribution in [3.8, 4) is 22.5 Å². The summed E-state index contributed by atoms with van der Waals surface area (Å²) in [7, 11) is 0. The van der Waals surface area contributed by atoms with Gasteiger partial charge in [-0.15, -0.1) is 0 Å². The normalized spacial score (nSPS) is 16.2. The van der Waals surface area contributed by atoms with Gasteiger partial charge in [-0.1, -0.05) is 56.7 Å². The Kier molecular flexibility index (Phi) is 7.44. The summed E-state index contributed by atoms with van der Waals surface area (Å²) in [5.41, 5.74) is 16.8. The zero-order valence-electron chi connectivity index (χ0n) is 29.2. The van der Waals surface area contributed by atoms with Crippen molar-refractivity contribution in [2.75, 3.05) is 0 Å². The van der Waals surface area contributed by atoms with Gasteiger partial charge in [0.1, 0.15) is 22.1 Å². The van der Waals surface area contributed by atoms with Crippen LogP contribution in [0.15, 0.2) is 104 Å². The first-order valence-electron chi connectivity index (χ1n) is 18.9. The monoisotopic (exact) mass is 666 g/mol.